The van der Waals surface area contributed by atoms with Crippen LogP contribution in [0.3, 0.4) is 0 Å². The van der Waals surface area contributed by atoms with Gasteiger partial charge in [0.05, 0.1) is 19.0 Å². The molecule has 4 N–H and O–H groups in total. The zero-order valence-corrected chi connectivity index (χ0v) is 17.8. The van der Waals surface area contributed by atoms with E-state index in [4.69, 9.17) is 24.0 Å². The number of aromatic nitrogens is 5. The number of aliphatic hydroxyl groups is 2. The molecule has 0 spiro atoms. The van der Waals surface area contributed by atoms with Crippen molar-refractivity contribution >= 4 is 24.8 Å². The topological polar surface area (TPSA) is 177 Å². The molecule has 0 amide bonds. The Morgan fingerprint density at radius 2 is 2.09 bits per heavy atom. The lowest BCUT2D eigenvalue weighted by atomic mass is 9.99. The van der Waals surface area contributed by atoms with Crippen LogP contribution in [0.2, 0.25) is 0 Å². The number of aliphatic hydroxyl groups excluding tert-OH is 1. The average molecular weight is 464 g/mol. The van der Waals surface area contributed by atoms with Gasteiger partial charge >= 0.3 is 7.82 Å². The highest BCUT2D eigenvalue weighted by molar-refractivity contribution is 7.48. The summed E-state index contributed by atoms with van der Waals surface area (Å²) >= 11 is 0. The minimum atomic E-state index is -4.12. The van der Waals surface area contributed by atoms with E-state index in [1.54, 1.807) is 24.5 Å². The van der Waals surface area contributed by atoms with Gasteiger partial charge in [0.1, 0.15) is 23.5 Å². The Balaban J connectivity index is 1.39. The number of anilines is 1. The molecular formula is C18H21N6O7P. The quantitative estimate of drug-likeness (QED) is 0.469. The number of nitrogens with two attached hydrogens (primary N) is 1. The minimum absolute atomic E-state index is 0.106. The summed E-state index contributed by atoms with van der Waals surface area (Å²) in [6.45, 7) is 1.45. The third kappa shape index (κ3) is 3.57. The molecule has 6 atom stereocenters. The Bertz CT molecular complexity index is 1180. The monoisotopic (exact) mass is 464 g/mol. The van der Waals surface area contributed by atoms with Crippen molar-refractivity contribution in [2.24, 2.45) is 0 Å². The average Bonchev–Trinajstić information content (AvgIpc) is 3.29. The molecule has 2 aliphatic heterocycles. The number of imidazole rings is 1. The van der Waals surface area contributed by atoms with Crippen molar-refractivity contribution in [3.05, 3.63) is 42.7 Å². The summed E-state index contributed by atoms with van der Waals surface area (Å²) in [7, 11) is -4.12. The van der Waals surface area contributed by atoms with Crippen molar-refractivity contribution in [2.75, 3.05) is 12.3 Å². The van der Waals surface area contributed by atoms with Crippen LogP contribution in [0.25, 0.3) is 11.2 Å². The molecule has 0 radical (unpaired) electrons. The van der Waals surface area contributed by atoms with Gasteiger partial charge in [-0.05, 0) is 24.6 Å². The van der Waals surface area contributed by atoms with Crippen molar-refractivity contribution in [1.82, 2.24) is 24.5 Å². The maximum absolute atomic E-state index is 13.2. The molecule has 2 aliphatic rings. The van der Waals surface area contributed by atoms with Gasteiger partial charge < -0.3 is 20.7 Å². The van der Waals surface area contributed by atoms with E-state index in [-0.39, 0.29) is 18.1 Å². The Labute approximate surface area is 181 Å². The van der Waals surface area contributed by atoms with Crippen LogP contribution in [0.5, 0.6) is 0 Å². The highest BCUT2D eigenvalue weighted by Gasteiger charge is 2.57. The van der Waals surface area contributed by atoms with Crippen molar-refractivity contribution < 1.29 is 33.1 Å². The smallest absolute Gasteiger partial charge is 0.385 e. The van der Waals surface area contributed by atoms with E-state index in [1.807, 2.05) is 0 Å². The number of ether oxygens (including phenoxy) is 1. The van der Waals surface area contributed by atoms with E-state index in [0.717, 1.165) is 5.56 Å². The summed E-state index contributed by atoms with van der Waals surface area (Å²) in [4.78, 5) is 16.1. The maximum Gasteiger partial charge on any atom is 0.477 e. The van der Waals surface area contributed by atoms with Crippen LogP contribution < -0.4 is 5.73 Å². The highest BCUT2D eigenvalue weighted by Crippen LogP contribution is 2.59. The van der Waals surface area contributed by atoms with Crippen molar-refractivity contribution in [3.63, 3.8) is 0 Å². The van der Waals surface area contributed by atoms with E-state index in [2.05, 4.69) is 19.9 Å². The van der Waals surface area contributed by atoms with Crippen LogP contribution in [0.15, 0.2) is 37.2 Å². The van der Waals surface area contributed by atoms with E-state index < -0.39 is 38.1 Å². The number of phosphoric ester groups is 1. The molecular weight excluding hydrogens is 443 g/mol. The molecule has 2 fully saturated rings. The Kier molecular flexibility index (Phi) is 5.21. The molecule has 32 heavy (non-hydrogen) atoms. The molecule has 5 rings (SSSR count). The maximum atomic E-state index is 13.2. The molecule has 5 heterocycles. The predicted octanol–water partition coefficient (Wildman–Crippen LogP) is 1.07. The van der Waals surface area contributed by atoms with Crippen molar-refractivity contribution in [3.8, 4) is 0 Å². The van der Waals surface area contributed by atoms with Crippen LogP contribution >= 0.6 is 7.82 Å². The number of hydrogen-bond acceptors (Lipinski definition) is 12. The van der Waals surface area contributed by atoms with Crippen molar-refractivity contribution in [1.29, 1.82) is 0 Å². The van der Waals surface area contributed by atoms with Gasteiger partial charge in [0.15, 0.2) is 17.7 Å². The lowest BCUT2D eigenvalue weighted by Crippen LogP contribution is -2.44. The van der Waals surface area contributed by atoms with Gasteiger partial charge in [-0.2, -0.15) is 0 Å². The normalized spacial score (nSPS) is 35.3. The van der Waals surface area contributed by atoms with Gasteiger partial charge in [-0.1, -0.05) is 0 Å². The van der Waals surface area contributed by atoms with Crippen LogP contribution in [0.1, 0.15) is 31.2 Å². The van der Waals surface area contributed by atoms with Gasteiger partial charge in [0.25, 0.3) is 0 Å². The summed E-state index contributed by atoms with van der Waals surface area (Å²) in [6, 6.07) is 3.47. The lowest BCUT2D eigenvalue weighted by Gasteiger charge is -2.31. The molecule has 14 heteroatoms. The number of nitrogens with zero attached hydrogens (tertiary/aromatic N) is 5. The molecule has 0 aromatic carbocycles. The third-order valence-electron chi connectivity index (χ3n) is 5.46. The Morgan fingerprint density at radius 1 is 1.31 bits per heavy atom. The lowest BCUT2D eigenvalue weighted by molar-refractivity contribution is -0.145. The largest absolute Gasteiger partial charge is 0.477 e. The summed E-state index contributed by atoms with van der Waals surface area (Å²) in [6.07, 6.45) is 1.38. The van der Waals surface area contributed by atoms with Crippen LogP contribution in [-0.4, -0.2) is 59.3 Å². The van der Waals surface area contributed by atoms with Crippen LogP contribution in [0, 0.1) is 0 Å². The first-order chi connectivity index (χ1) is 15.3. The first-order valence-corrected chi connectivity index (χ1v) is 11.2. The first kappa shape index (κ1) is 21.3. The number of fused-ring (bicyclic) bond motifs is 1. The summed E-state index contributed by atoms with van der Waals surface area (Å²) in [5.41, 5.74) is 5.29. The van der Waals surface area contributed by atoms with E-state index >= 15 is 0 Å². The number of phosphoric acid groups is 1. The summed E-state index contributed by atoms with van der Waals surface area (Å²) in [5.74, 6) is 0.148. The number of hydrogen-bond donors (Lipinski definition) is 3. The molecule has 170 valence electrons. The molecule has 2 saturated heterocycles. The SMILES string of the molecule is C[C@@]1(O)[C@H](O)C(O[P@]2(=O)OCC[C@H](c3ccncc3)O2)O[C@H]1n1cnc2c(N)ncnc21. The fourth-order valence-electron chi connectivity index (χ4n) is 3.73. The highest BCUT2D eigenvalue weighted by atomic mass is 31.2. The van der Waals surface area contributed by atoms with E-state index in [9.17, 15) is 14.8 Å². The number of nitrogen functional groups attached to an aromatic ring is 1. The predicted molar refractivity (Wildman–Crippen MR) is 108 cm³/mol. The summed E-state index contributed by atoms with van der Waals surface area (Å²) in [5, 5.41) is 21.7. The van der Waals surface area contributed by atoms with Gasteiger partial charge in [-0.25, -0.2) is 19.5 Å². The first-order valence-electron chi connectivity index (χ1n) is 9.79. The molecule has 1 unspecified atom stereocenters. The summed E-state index contributed by atoms with van der Waals surface area (Å²) < 4.78 is 36.7. The molecule has 3 aromatic rings. The standard InChI is InChI=1S/C18H21N6O7P/c1-18(26)13(25)16(29-17(18)24-9-23-12-14(19)21-8-22-15(12)24)31-32(27)28-7-4-11(30-32)10-2-5-20-6-3-10/h2-3,5-6,8-9,11,13,16-17,25-26H,4,7H2,1H3,(H2,19,21,22)/t11-,13-,16?,17-,18-,32-/m1/s1. The zero-order chi connectivity index (χ0) is 22.5. The fourth-order valence-corrected chi connectivity index (χ4v) is 5.19. The second kappa shape index (κ2) is 7.81. The molecule has 0 bridgehead atoms. The van der Waals surface area contributed by atoms with E-state index in [1.165, 1.54) is 24.1 Å². The van der Waals surface area contributed by atoms with Crippen molar-refractivity contribution in [2.45, 2.75) is 43.7 Å². The van der Waals surface area contributed by atoms with E-state index in [0.29, 0.717) is 11.9 Å². The zero-order valence-electron chi connectivity index (χ0n) is 16.9. The molecule has 3 aromatic heterocycles. The minimum Gasteiger partial charge on any atom is -0.385 e. The second-order valence-electron chi connectivity index (χ2n) is 7.66. The molecule has 0 aliphatic carbocycles. The van der Waals surface area contributed by atoms with Gasteiger partial charge in [0, 0.05) is 18.8 Å². The van der Waals surface area contributed by atoms with Gasteiger partial charge in [-0.15, -0.1) is 0 Å². The van der Waals surface area contributed by atoms with Crippen LogP contribution in [-0.2, 0) is 22.9 Å². The number of pyridine rings is 1. The molecule has 13 nitrogen and oxygen atoms in total. The Hall–Kier alpha value is -2.51. The van der Waals surface area contributed by atoms with Gasteiger partial charge in [0.2, 0.25) is 6.29 Å². The number of rotatable bonds is 4. The Morgan fingerprint density at radius 3 is 2.88 bits per heavy atom. The second-order valence-corrected chi connectivity index (χ2v) is 9.23. The van der Waals surface area contributed by atoms with Gasteiger partial charge in [-0.3, -0.25) is 23.1 Å². The fraction of sp³-hybridized carbons (Fsp3) is 0.444. The van der Waals surface area contributed by atoms with Crippen LogP contribution in [0.4, 0.5) is 5.82 Å². The molecule has 0 saturated carbocycles. The third-order valence-corrected chi connectivity index (χ3v) is 6.93.